The minimum atomic E-state index is 0.106. The molecule has 2 aromatic rings. The maximum Gasteiger partial charge on any atom is 0.123 e. The molecule has 3 rings (SSSR count). The molecule has 0 radical (unpaired) electrons. The largest absolute Gasteiger partial charge is 0.341 e. The molecule has 0 bridgehead atoms. The van der Waals surface area contributed by atoms with E-state index in [1.165, 1.54) is 6.42 Å². The molecule has 0 aromatic carbocycles. The number of aromatic amines is 1. The van der Waals surface area contributed by atoms with E-state index in [1.54, 1.807) is 17.7 Å². The van der Waals surface area contributed by atoms with Crippen LogP contribution in [0.1, 0.15) is 31.1 Å². The summed E-state index contributed by atoms with van der Waals surface area (Å²) >= 11 is 0. The molecule has 1 aliphatic heterocycles. The summed E-state index contributed by atoms with van der Waals surface area (Å²) in [4.78, 5) is 11.8. The summed E-state index contributed by atoms with van der Waals surface area (Å²) in [5.74, 6) is 0.900. The van der Waals surface area contributed by atoms with Crippen LogP contribution in [0.15, 0.2) is 30.7 Å². The second kappa shape index (κ2) is 4.67. The van der Waals surface area contributed by atoms with Gasteiger partial charge in [0.1, 0.15) is 7.24 Å². The van der Waals surface area contributed by atoms with Gasteiger partial charge in [0.2, 0.25) is 0 Å². The zero-order chi connectivity index (χ0) is 12.4. The number of nitrogens with one attached hydrogen (secondary N) is 2. The van der Waals surface area contributed by atoms with Gasteiger partial charge in [0.15, 0.2) is 0 Å². The summed E-state index contributed by atoms with van der Waals surface area (Å²) in [5, 5.41) is 1.64. The number of rotatable bonds is 2. The lowest BCUT2D eigenvalue weighted by molar-refractivity contribution is 0.399. The Morgan fingerprint density at radius 1 is 1.29 bits per heavy atom. The Bertz CT molecular complexity index is 511. The van der Waals surface area contributed by atoms with Gasteiger partial charge in [-0.3, -0.25) is 4.98 Å². The fourth-order valence-electron chi connectivity index (χ4n) is 2.20. The molecule has 1 aliphatic rings. The smallest absolute Gasteiger partial charge is 0.123 e. The molecule has 1 saturated heterocycles. The van der Waals surface area contributed by atoms with Crippen molar-refractivity contribution in [3.05, 3.63) is 36.5 Å². The predicted octanol–water partition coefficient (Wildman–Crippen LogP) is 2.29. The molecule has 3 heterocycles. The third-order valence-electron chi connectivity index (χ3n) is 3.14. The number of pyridine rings is 1. The summed E-state index contributed by atoms with van der Waals surface area (Å²) in [7, 11) is 0. The van der Waals surface area contributed by atoms with E-state index in [2.05, 4.69) is 15.0 Å². The van der Waals surface area contributed by atoms with Crippen LogP contribution < -0.4 is 5.31 Å². The quantitative estimate of drug-likeness (QED) is 0.830. The van der Waals surface area contributed by atoms with Gasteiger partial charge >= 0.3 is 0 Å². The number of H-pyrrole nitrogens is 1. The van der Waals surface area contributed by atoms with Crippen molar-refractivity contribution in [2.75, 3.05) is 6.54 Å². The average Bonchev–Trinajstić information content (AvgIpc) is 2.90. The minimum Gasteiger partial charge on any atom is -0.341 e. The Morgan fingerprint density at radius 2 is 2.18 bits per heavy atom. The van der Waals surface area contributed by atoms with E-state index in [4.69, 9.17) is 1.41 Å². The molecular weight excluding hydrogens is 212 g/mol. The van der Waals surface area contributed by atoms with Gasteiger partial charge in [-0.25, -0.2) is 4.98 Å². The monoisotopic (exact) mass is 229 g/mol. The van der Waals surface area contributed by atoms with E-state index in [0.29, 0.717) is 0 Å². The molecule has 1 atom stereocenters. The Balaban J connectivity index is 1.85. The van der Waals surface area contributed by atoms with Crippen molar-refractivity contribution in [2.45, 2.75) is 25.3 Å². The number of hydrogen-bond donors (Lipinski definition) is 2. The lowest BCUT2D eigenvalue weighted by Crippen LogP contribution is -2.27. The third kappa shape index (κ3) is 2.22. The Kier molecular flexibility index (Phi) is 2.57. The minimum absolute atomic E-state index is 0.106. The highest BCUT2D eigenvalue weighted by molar-refractivity contribution is 5.57. The van der Waals surface area contributed by atoms with Crippen LogP contribution in [0.4, 0.5) is 0 Å². The lowest BCUT2D eigenvalue weighted by atomic mass is 10.0. The predicted molar refractivity (Wildman–Crippen MR) is 66.4 cm³/mol. The fraction of sp³-hybridized carbons (Fsp3) is 0.385. The van der Waals surface area contributed by atoms with Crippen molar-refractivity contribution >= 4 is 0 Å². The molecule has 2 aromatic heterocycles. The molecular formula is C13H16N4. The van der Waals surface area contributed by atoms with E-state index in [0.717, 1.165) is 36.5 Å². The molecule has 88 valence electrons. The molecule has 0 saturated carbocycles. The fourth-order valence-corrected chi connectivity index (χ4v) is 2.20. The van der Waals surface area contributed by atoms with Gasteiger partial charge in [-0.2, -0.15) is 0 Å². The van der Waals surface area contributed by atoms with Crippen molar-refractivity contribution in [3.8, 4) is 11.3 Å². The molecule has 1 unspecified atom stereocenters. The number of nitrogens with zero attached hydrogens (tertiary/aromatic N) is 2. The van der Waals surface area contributed by atoms with Crippen molar-refractivity contribution < 1.29 is 1.41 Å². The molecule has 0 amide bonds. The third-order valence-corrected chi connectivity index (χ3v) is 3.14. The first-order valence-electron chi connectivity index (χ1n) is 6.50. The van der Waals surface area contributed by atoms with Crippen LogP contribution in [-0.4, -0.2) is 21.5 Å². The molecule has 17 heavy (non-hydrogen) atoms. The topological polar surface area (TPSA) is 53.6 Å². The maximum absolute atomic E-state index is 7.94. The normalized spacial score (nSPS) is 22.4. The van der Waals surface area contributed by atoms with Crippen LogP contribution in [0, 0.1) is 0 Å². The van der Waals surface area contributed by atoms with Gasteiger partial charge in [0, 0.05) is 18.0 Å². The second-order valence-electron chi connectivity index (χ2n) is 4.34. The van der Waals surface area contributed by atoms with E-state index in [1.807, 2.05) is 18.3 Å². The molecule has 0 spiro atoms. The van der Waals surface area contributed by atoms with Gasteiger partial charge in [-0.05, 0) is 31.5 Å². The van der Waals surface area contributed by atoms with Crippen LogP contribution in [0.3, 0.4) is 0 Å². The van der Waals surface area contributed by atoms with Crippen LogP contribution in [0.25, 0.3) is 11.3 Å². The summed E-state index contributed by atoms with van der Waals surface area (Å²) in [6.45, 7) is 0.829. The van der Waals surface area contributed by atoms with Crippen molar-refractivity contribution in [1.29, 1.82) is 0 Å². The van der Waals surface area contributed by atoms with Gasteiger partial charge in [0.05, 0.1) is 17.9 Å². The van der Waals surface area contributed by atoms with Crippen molar-refractivity contribution in [1.82, 2.24) is 20.3 Å². The van der Waals surface area contributed by atoms with Gasteiger partial charge in [-0.15, -0.1) is 0 Å². The maximum atomic E-state index is 7.94. The number of hydrogen-bond acceptors (Lipinski definition) is 3. The standard InChI is InChI=1S/C13H16N4/c1-2-6-15-11(3-1)13-16-9-12(17-13)10-4-7-14-8-5-10/h4-5,7-9,11,15H,1-3,6H2,(H,16,17)/i/hD. The first-order valence-corrected chi connectivity index (χ1v) is 6.05. The number of imidazole rings is 1. The van der Waals surface area contributed by atoms with Crippen LogP contribution in [-0.2, 0) is 0 Å². The van der Waals surface area contributed by atoms with Crippen LogP contribution in [0.5, 0.6) is 0 Å². The SMILES string of the molecule is [2H]N1CCCCC1c1ncc(-c2ccncc2)[nH]1. The zero-order valence-corrected chi connectivity index (χ0v) is 9.63. The highest BCUT2D eigenvalue weighted by atomic mass is 15.0. The van der Waals surface area contributed by atoms with Crippen molar-refractivity contribution in [3.63, 3.8) is 0 Å². The Hall–Kier alpha value is -1.68. The molecule has 2 N–H and O–H groups in total. The Morgan fingerprint density at radius 3 is 3.00 bits per heavy atom. The molecule has 0 aliphatic carbocycles. The number of piperidine rings is 1. The summed E-state index contributed by atoms with van der Waals surface area (Å²) in [6.07, 6.45) is 8.67. The van der Waals surface area contributed by atoms with E-state index in [9.17, 15) is 0 Å². The second-order valence-corrected chi connectivity index (χ2v) is 4.34. The highest BCUT2D eigenvalue weighted by Crippen LogP contribution is 2.23. The molecule has 1 fully saturated rings. The van der Waals surface area contributed by atoms with Crippen LogP contribution in [0.2, 0.25) is 1.41 Å². The zero-order valence-electron chi connectivity index (χ0n) is 10.6. The Labute approximate surface area is 102 Å². The molecule has 4 heteroatoms. The first-order chi connectivity index (χ1) is 8.84. The van der Waals surface area contributed by atoms with E-state index < -0.39 is 0 Å². The highest BCUT2D eigenvalue weighted by Gasteiger charge is 2.17. The van der Waals surface area contributed by atoms with E-state index >= 15 is 0 Å². The van der Waals surface area contributed by atoms with Gasteiger partial charge in [-0.1, -0.05) is 6.42 Å². The first kappa shape index (κ1) is 9.36. The average molecular weight is 229 g/mol. The summed E-state index contributed by atoms with van der Waals surface area (Å²) in [5.41, 5.74) is 2.07. The lowest BCUT2D eigenvalue weighted by Gasteiger charge is -2.21. The summed E-state index contributed by atoms with van der Waals surface area (Å²) in [6, 6.07) is 4.02. The molecule has 4 nitrogen and oxygen atoms in total. The summed E-state index contributed by atoms with van der Waals surface area (Å²) < 4.78 is 7.94. The number of aromatic nitrogens is 3. The van der Waals surface area contributed by atoms with Crippen molar-refractivity contribution in [2.24, 2.45) is 0 Å². The van der Waals surface area contributed by atoms with Crippen LogP contribution >= 0.6 is 0 Å². The van der Waals surface area contributed by atoms with Gasteiger partial charge < -0.3 is 10.3 Å². The van der Waals surface area contributed by atoms with E-state index in [-0.39, 0.29) is 6.04 Å². The van der Waals surface area contributed by atoms with Gasteiger partial charge in [0.25, 0.3) is 0 Å².